The third-order valence-electron chi connectivity index (χ3n) is 6.24. The number of nitrogens with one attached hydrogen (secondary N) is 1. The summed E-state index contributed by atoms with van der Waals surface area (Å²) in [5.41, 5.74) is 3.61. The second-order valence-corrected chi connectivity index (χ2v) is 11.0. The summed E-state index contributed by atoms with van der Waals surface area (Å²) in [4.78, 5) is 11.3. The van der Waals surface area contributed by atoms with Crippen molar-refractivity contribution in [3.8, 4) is 11.1 Å². The number of hydrogen-bond donors (Lipinski definition) is 1. The number of aromatic nitrogens is 2. The summed E-state index contributed by atoms with van der Waals surface area (Å²) < 4.78 is 27.9. The minimum atomic E-state index is -3.51. The molecule has 1 N–H and O–H groups in total. The lowest BCUT2D eigenvalue weighted by molar-refractivity contribution is 0.347. The maximum atomic E-state index is 13.2. The standard InChI is InChI=1S/C26H26ClN5O2S/c1-31-13-2-14-32(16-15-31)35(33,34)22-7-3-19(4-8-22)20-5-9-23-24(11-12-28-25(23)17-20)30-26-10-6-21(27)18-29-26/h3-12,17-18H,2,13-16H2,1H3,(H,28,29,30). The van der Waals surface area contributed by atoms with E-state index in [0.29, 0.717) is 28.8 Å². The molecule has 5 rings (SSSR count). The van der Waals surface area contributed by atoms with E-state index in [1.807, 2.05) is 49.5 Å². The molecule has 0 bridgehead atoms. The maximum absolute atomic E-state index is 13.2. The fourth-order valence-corrected chi connectivity index (χ4v) is 5.84. The van der Waals surface area contributed by atoms with Crippen LogP contribution in [0.25, 0.3) is 22.0 Å². The summed E-state index contributed by atoms with van der Waals surface area (Å²) >= 11 is 5.93. The fraction of sp³-hybridized carbons (Fsp3) is 0.231. The van der Waals surface area contributed by atoms with E-state index in [1.165, 1.54) is 0 Å². The van der Waals surface area contributed by atoms with Crippen LogP contribution in [0.15, 0.2) is 78.0 Å². The number of nitrogens with zero attached hydrogens (tertiary/aromatic N) is 4. The Labute approximate surface area is 210 Å². The Morgan fingerprint density at radius 1 is 0.886 bits per heavy atom. The number of rotatable bonds is 5. The third kappa shape index (κ3) is 5.16. The summed E-state index contributed by atoms with van der Waals surface area (Å²) in [5, 5.41) is 4.85. The minimum Gasteiger partial charge on any atom is -0.340 e. The van der Waals surface area contributed by atoms with Crippen LogP contribution in [-0.4, -0.2) is 60.8 Å². The highest BCUT2D eigenvalue weighted by Crippen LogP contribution is 2.30. The fourth-order valence-electron chi connectivity index (χ4n) is 4.26. The first-order chi connectivity index (χ1) is 16.9. The molecule has 0 amide bonds. The lowest BCUT2D eigenvalue weighted by Crippen LogP contribution is -2.34. The van der Waals surface area contributed by atoms with E-state index in [1.54, 1.807) is 34.9 Å². The van der Waals surface area contributed by atoms with Crippen LogP contribution in [0.2, 0.25) is 5.02 Å². The molecule has 3 heterocycles. The van der Waals surface area contributed by atoms with Crippen molar-refractivity contribution in [3.63, 3.8) is 0 Å². The zero-order valence-corrected chi connectivity index (χ0v) is 20.9. The van der Waals surface area contributed by atoms with Gasteiger partial charge >= 0.3 is 0 Å². The highest BCUT2D eigenvalue weighted by Gasteiger charge is 2.26. The van der Waals surface area contributed by atoms with Gasteiger partial charge in [-0.3, -0.25) is 4.98 Å². The number of halogens is 1. The first kappa shape index (κ1) is 23.7. The van der Waals surface area contributed by atoms with Gasteiger partial charge in [-0.1, -0.05) is 35.9 Å². The highest BCUT2D eigenvalue weighted by molar-refractivity contribution is 7.89. The van der Waals surface area contributed by atoms with Gasteiger partial charge in [0.2, 0.25) is 10.0 Å². The van der Waals surface area contributed by atoms with Gasteiger partial charge in [-0.25, -0.2) is 13.4 Å². The number of likely N-dealkylation sites (N-methyl/N-ethyl adjacent to an activating group) is 1. The van der Waals surface area contributed by atoms with E-state index in [9.17, 15) is 8.42 Å². The van der Waals surface area contributed by atoms with Crippen molar-refractivity contribution < 1.29 is 8.42 Å². The van der Waals surface area contributed by atoms with Crippen molar-refractivity contribution in [2.45, 2.75) is 11.3 Å². The normalized spacial score (nSPS) is 15.7. The van der Waals surface area contributed by atoms with Gasteiger partial charge in [0.1, 0.15) is 5.82 Å². The quantitative estimate of drug-likeness (QED) is 0.408. The first-order valence-corrected chi connectivity index (χ1v) is 13.3. The van der Waals surface area contributed by atoms with Crippen LogP contribution in [0.4, 0.5) is 11.5 Å². The first-order valence-electron chi connectivity index (χ1n) is 11.5. The Morgan fingerprint density at radius 3 is 2.46 bits per heavy atom. The molecule has 1 aliphatic heterocycles. The van der Waals surface area contributed by atoms with Crippen molar-refractivity contribution in [3.05, 3.63) is 78.1 Å². The molecule has 0 radical (unpaired) electrons. The molecule has 0 saturated carbocycles. The second kappa shape index (κ2) is 9.91. The van der Waals surface area contributed by atoms with Crippen LogP contribution >= 0.6 is 11.6 Å². The summed E-state index contributed by atoms with van der Waals surface area (Å²) in [6.45, 7) is 2.71. The minimum absolute atomic E-state index is 0.326. The molecule has 35 heavy (non-hydrogen) atoms. The van der Waals surface area contributed by atoms with Gasteiger partial charge in [-0.05, 0) is 67.5 Å². The predicted octanol–water partition coefficient (Wildman–Crippen LogP) is 5.02. The molecular weight excluding hydrogens is 482 g/mol. The van der Waals surface area contributed by atoms with Crippen LogP contribution in [-0.2, 0) is 10.0 Å². The smallest absolute Gasteiger partial charge is 0.243 e. The summed E-state index contributed by atoms with van der Waals surface area (Å²) in [7, 11) is -1.48. The average Bonchev–Trinajstić information content (AvgIpc) is 3.10. The number of pyridine rings is 2. The zero-order chi connectivity index (χ0) is 24.4. The Balaban J connectivity index is 1.39. The number of anilines is 2. The maximum Gasteiger partial charge on any atom is 0.243 e. The topological polar surface area (TPSA) is 78.4 Å². The number of fused-ring (bicyclic) bond motifs is 1. The van der Waals surface area contributed by atoms with E-state index in [0.717, 1.165) is 47.2 Å². The monoisotopic (exact) mass is 507 g/mol. The van der Waals surface area contributed by atoms with Crippen LogP contribution in [0.3, 0.4) is 0 Å². The molecule has 0 unspecified atom stereocenters. The van der Waals surface area contributed by atoms with Gasteiger partial charge in [-0.15, -0.1) is 0 Å². The molecule has 0 atom stereocenters. The van der Waals surface area contributed by atoms with Gasteiger partial charge in [-0.2, -0.15) is 4.31 Å². The summed E-state index contributed by atoms with van der Waals surface area (Å²) in [5.74, 6) is 0.693. The van der Waals surface area contributed by atoms with E-state index in [4.69, 9.17) is 11.6 Å². The molecule has 0 aliphatic carbocycles. The number of sulfonamides is 1. The highest BCUT2D eigenvalue weighted by atomic mass is 35.5. The van der Waals surface area contributed by atoms with Crippen LogP contribution in [0, 0.1) is 0 Å². The van der Waals surface area contributed by atoms with Crippen LogP contribution < -0.4 is 5.32 Å². The Kier molecular flexibility index (Phi) is 6.71. The third-order valence-corrected chi connectivity index (χ3v) is 8.37. The second-order valence-electron chi connectivity index (χ2n) is 8.66. The van der Waals surface area contributed by atoms with Crippen LogP contribution in [0.5, 0.6) is 0 Å². The molecule has 2 aromatic carbocycles. The van der Waals surface area contributed by atoms with Gasteiger partial charge in [0.15, 0.2) is 0 Å². The molecule has 1 saturated heterocycles. The van der Waals surface area contributed by atoms with Crippen molar-refractivity contribution in [1.29, 1.82) is 0 Å². The summed E-state index contributed by atoms with van der Waals surface area (Å²) in [6.07, 6.45) is 4.18. The van der Waals surface area contributed by atoms with Gasteiger partial charge in [0.05, 0.1) is 21.1 Å². The van der Waals surface area contributed by atoms with E-state index < -0.39 is 10.0 Å². The molecule has 2 aromatic heterocycles. The lowest BCUT2D eigenvalue weighted by Gasteiger charge is -2.20. The summed E-state index contributed by atoms with van der Waals surface area (Å²) in [6, 6.07) is 18.6. The zero-order valence-electron chi connectivity index (χ0n) is 19.4. The van der Waals surface area contributed by atoms with Gasteiger partial charge in [0.25, 0.3) is 0 Å². The van der Waals surface area contributed by atoms with Gasteiger partial charge in [0, 0.05) is 37.4 Å². The molecule has 4 aromatic rings. The van der Waals surface area contributed by atoms with Crippen molar-refractivity contribution >= 4 is 44.0 Å². The van der Waals surface area contributed by atoms with Gasteiger partial charge < -0.3 is 10.2 Å². The van der Waals surface area contributed by atoms with Crippen LogP contribution in [0.1, 0.15) is 6.42 Å². The predicted molar refractivity (Wildman–Crippen MR) is 141 cm³/mol. The Bertz CT molecular complexity index is 1440. The number of benzene rings is 2. The average molecular weight is 508 g/mol. The molecule has 0 spiro atoms. The number of hydrogen-bond acceptors (Lipinski definition) is 6. The molecule has 1 fully saturated rings. The molecular formula is C26H26ClN5O2S. The largest absolute Gasteiger partial charge is 0.340 e. The van der Waals surface area contributed by atoms with E-state index >= 15 is 0 Å². The molecule has 9 heteroatoms. The van der Waals surface area contributed by atoms with Crippen molar-refractivity contribution in [1.82, 2.24) is 19.2 Å². The van der Waals surface area contributed by atoms with E-state index in [-0.39, 0.29) is 0 Å². The Morgan fingerprint density at radius 2 is 1.69 bits per heavy atom. The Hall–Kier alpha value is -3.04. The van der Waals surface area contributed by atoms with Crippen molar-refractivity contribution in [2.24, 2.45) is 0 Å². The molecule has 180 valence electrons. The van der Waals surface area contributed by atoms with Crippen molar-refractivity contribution in [2.75, 3.05) is 38.5 Å². The molecule has 7 nitrogen and oxygen atoms in total. The van der Waals surface area contributed by atoms with E-state index in [2.05, 4.69) is 20.2 Å². The molecule has 1 aliphatic rings. The lowest BCUT2D eigenvalue weighted by atomic mass is 10.0. The SMILES string of the molecule is CN1CCCN(S(=O)(=O)c2ccc(-c3ccc4c(Nc5ccc(Cl)cn5)ccnc4c3)cc2)CC1.